The van der Waals surface area contributed by atoms with Gasteiger partial charge in [-0.05, 0) is 118 Å². The van der Waals surface area contributed by atoms with Gasteiger partial charge in [0.05, 0.1) is 11.0 Å². The number of aromatic nitrogens is 2. The molecule has 0 spiro atoms. The van der Waals surface area contributed by atoms with Crippen molar-refractivity contribution in [3.63, 3.8) is 0 Å². The third-order valence-corrected chi connectivity index (χ3v) is 9.67. The Kier molecular flexibility index (Phi) is 8.14. The number of H-pyrrole nitrogens is 1. The summed E-state index contributed by atoms with van der Waals surface area (Å²) in [7, 11) is 2.21. The van der Waals surface area contributed by atoms with E-state index in [9.17, 15) is 9.18 Å². The van der Waals surface area contributed by atoms with Gasteiger partial charge in [-0.1, -0.05) is 32.0 Å². The van der Waals surface area contributed by atoms with Gasteiger partial charge in [0.25, 0.3) is 0 Å². The van der Waals surface area contributed by atoms with Crippen molar-refractivity contribution in [1.82, 2.24) is 14.9 Å². The van der Waals surface area contributed by atoms with Crippen LogP contribution in [0.25, 0.3) is 11.0 Å². The van der Waals surface area contributed by atoms with E-state index in [1.807, 2.05) is 24.3 Å². The third kappa shape index (κ3) is 5.63. The molecule has 2 aliphatic carbocycles. The first kappa shape index (κ1) is 27.8. The highest BCUT2D eigenvalue weighted by atomic mass is 19.1. The molecule has 1 heterocycles. The summed E-state index contributed by atoms with van der Waals surface area (Å²) in [6.07, 6.45) is 8.74. The summed E-state index contributed by atoms with van der Waals surface area (Å²) in [5.74, 6) is 1.14. The summed E-state index contributed by atoms with van der Waals surface area (Å²) in [6.45, 7) is 8.18. The van der Waals surface area contributed by atoms with E-state index in [0.717, 1.165) is 93.3 Å². The lowest BCUT2D eigenvalue weighted by Crippen LogP contribution is -2.52. The highest BCUT2D eigenvalue weighted by Gasteiger charge is 2.57. The number of rotatable bonds is 10. The number of aromatic amines is 1. The van der Waals surface area contributed by atoms with Gasteiger partial charge in [0.2, 0.25) is 0 Å². The third-order valence-electron chi connectivity index (χ3n) is 9.67. The molecule has 1 saturated carbocycles. The van der Waals surface area contributed by atoms with E-state index in [0.29, 0.717) is 5.92 Å². The number of para-hydroxylation sites is 2. The molecule has 2 aliphatic rings. The van der Waals surface area contributed by atoms with Gasteiger partial charge in [-0.2, -0.15) is 0 Å². The molecule has 0 saturated heterocycles. The first-order valence-electron chi connectivity index (χ1n) is 14.8. The molecule has 39 heavy (non-hydrogen) atoms. The van der Waals surface area contributed by atoms with Crippen molar-refractivity contribution in [2.24, 2.45) is 11.3 Å². The average Bonchev–Trinajstić information content (AvgIpc) is 3.53. The number of fused-ring (bicyclic) bond motifs is 2. The molecule has 5 rings (SSSR count). The molecule has 0 bridgehead atoms. The largest absolute Gasteiger partial charge is 0.459 e. The second-order valence-corrected chi connectivity index (χ2v) is 12.4. The molecule has 0 aliphatic heterocycles. The van der Waals surface area contributed by atoms with Gasteiger partial charge in [-0.3, -0.25) is 4.79 Å². The number of carbonyl (C=O) groups excluding carboxylic acids is 1. The fourth-order valence-corrected chi connectivity index (χ4v) is 7.74. The fraction of sp³-hybridized carbons (Fsp3) is 0.576. The Hall–Kier alpha value is -2.73. The number of nitrogens with one attached hydrogen (secondary N) is 1. The summed E-state index contributed by atoms with van der Waals surface area (Å²) in [4.78, 5) is 23.1. The van der Waals surface area contributed by atoms with Crippen molar-refractivity contribution in [3.8, 4) is 0 Å². The lowest BCUT2D eigenvalue weighted by atomic mass is 9.52. The lowest BCUT2D eigenvalue weighted by Gasteiger charge is -2.55. The van der Waals surface area contributed by atoms with Crippen LogP contribution in [0.4, 0.5) is 4.39 Å². The molecule has 1 aromatic heterocycles. The van der Waals surface area contributed by atoms with E-state index in [4.69, 9.17) is 9.72 Å². The van der Waals surface area contributed by atoms with Crippen LogP contribution in [0.1, 0.15) is 88.6 Å². The normalized spacial score (nSPS) is 22.5. The van der Waals surface area contributed by atoms with Gasteiger partial charge in [0.15, 0.2) is 0 Å². The number of carbonyl (C=O) groups is 1. The van der Waals surface area contributed by atoms with E-state index in [1.165, 1.54) is 5.56 Å². The molecule has 6 heteroatoms. The highest BCUT2D eigenvalue weighted by Crippen LogP contribution is 2.61. The first-order valence-corrected chi connectivity index (χ1v) is 14.8. The quantitative estimate of drug-likeness (QED) is 0.280. The Morgan fingerprint density at radius 3 is 2.64 bits per heavy atom. The molecule has 2 aromatic carbocycles. The summed E-state index contributed by atoms with van der Waals surface area (Å²) in [5, 5.41) is 0. The van der Waals surface area contributed by atoms with E-state index in [-0.39, 0.29) is 23.1 Å². The Labute approximate surface area is 232 Å². The maximum Gasteiger partial charge on any atom is 0.303 e. The van der Waals surface area contributed by atoms with Crippen LogP contribution in [0.3, 0.4) is 0 Å². The Balaban J connectivity index is 1.35. The molecule has 3 aromatic rings. The number of aryl methyl sites for hydroxylation is 2. The number of esters is 1. The van der Waals surface area contributed by atoms with Crippen molar-refractivity contribution in [3.05, 3.63) is 65.2 Å². The zero-order valence-corrected chi connectivity index (χ0v) is 24.1. The molecular formula is C33H44FN3O2. The van der Waals surface area contributed by atoms with Crippen molar-refractivity contribution in [2.75, 3.05) is 20.1 Å². The second-order valence-electron chi connectivity index (χ2n) is 12.4. The molecule has 1 fully saturated rings. The minimum Gasteiger partial charge on any atom is -0.459 e. The van der Waals surface area contributed by atoms with Gasteiger partial charge in [0.1, 0.15) is 17.2 Å². The summed E-state index contributed by atoms with van der Waals surface area (Å²) >= 11 is 0. The van der Waals surface area contributed by atoms with E-state index in [1.54, 1.807) is 19.1 Å². The van der Waals surface area contributed by atoms with Crippen molar-refractivity contribution in [2.45, 2.75) is 90.1 Å². The first-order chi connectivity index (χ1) is 18.7. The number of ether oxygens (including phenoxy) is 1. The minimum atomic E-state index is -0.511. The monoisotopic (exact) mass is 533 g/mol. The van der Waals surface area contributed by atoms with Crippen LogP contribution < -0.4 is 0 Å². The number of halogens is 1. The SMILES string of the molecule is CC(=O)OC1([C@@H]2c3ccc(F)cc3CC[C@]2(CCN(C)CCCc2nc3ccccc3[nH]2)C(C)C)CCCC1. The van der Waals surface area contributed by atoms with Crippen molar-refractivity contribution in [1.29, 1.82) is 0 Å². The summed E-state index contributed by atoms with van der Waals surface area (Å²) < 4.78 is 20.6. The van der Waals surface area contributed by atoms with Crippen LogP contribution in [0.5, 0.6) is 0 Å². The number of hydrogen-bond acceptors (Lipinski definition) is 4. The number of nitrogens with zero attached hydrogens (tertiary/aromatic N) is 2. The summed E-state index contributed by atoms with van der Waals surface area (Å²) in [6, 6.07) is 13.5. The fourth-order valence-electron chi connectivity index (χ4n) is 7.74. The van der Waals surface area contributed by atoms with Crippen LogP contribution in [-0.4, -0.2) is 46.6 Å². The second kappa shape index (κ2) is 11.4. The molecule has 5 nitrogen and oxygen atoms in total. The molecule has 2 atom stereocenters. The van der Waals surface area contributed by atoms with Crippen LogP contribution in [0.15, 0.2) is 42.5 Å². The van der Waals surface area contributed by atoms with Crippen molar-refractivity contribution < 1.29 is 13.9 Å². The van der Waals surface area contributed by atoms with Gasteiger partial charge in [-0.25, -0.2) is 9.37 Å². The standard InChI is InChI=1S/C33H44FN3O2/c1-23(2)32(19-21-37(4)20-9-12-30-35-28-10-5-6-11-29(28)36-30)18-15-25-22-26(34)13-14-27(25)31(32)33(39-24(3)38)16-7-8-17-33/h5-6,10-11,13-14,22-23,31H,7-9,12,15-21H2,1-4H3,(H,35,36)/t31-,32+/m1/s1. The zero-order valence-electron chi connectivity index (χ0n) is 24.1. The topological polar surface area (TPSA) is 58.2 Å². The van der Waals surface area contributed by atoms with Crippen LogP contribution in [0.2, 0.25) is 0 Å². The molecule has 0 radical (unpaired) electrons. The van der Waals surface area contributed by atoms with Gasteiger partial charge >= 0.3 is 5.97 Å². The number of benzene rings is 2. The average molecular weight is 534 g/mol. The van der Waals surface area contributed by atoms with Crippen LogP contribution >= 0.6 is 0 Å². The van der Waals surface area contributed by atoms with Crippen LogP contribution in [0, 0.1) is 17.2 Å². The van der Waals surface area contributed by atoms with E-state index >= 15 is 0 Å². The van der Waals surface area contributed by atoms with E-state index < -0.39 is 5.60 Å². The number of hydrogen-bond donors (Lipinski definition) is 1. The number of imidazole rings is 1. The van der Waals surface area contributed by atoms with Gasteiger partial charge < -0.3 is 14.6 Å². The Morgan fingerprint density at radius 1 is 1.15 bits per heavy atom. The minimum absolute atomic E-state index is 0.0301. The maximum atomic E-state index is 14.3. The molecule has 1 N–H and O–H groups in total. The summed E-state index contributed by atoms with van der Waals surface area (Å²) in [5.41, 5.74) is 3.87. The van der Waals surface area contributed by atoms with Gasteiger partial charge in [-0.15, -0.1) is 0 Å². The maximum absolute atomic E-state index is 14.3. The zero-order chi connectivity index (χ0) is 27.6. The molecule has 0 unspecified atom stereocenters. The predicted octanol–water partition coefficient (Wildman–Crippen LogP) is 7.20. The highest BCUT2D eigenvalue weighted by molar-refractivity contribution is 5.74. The lowest BCUT2D eigenvalue weighted by molar-refractivity contribution is -0.167. The Morgan fingerprint density at radius 2 is 1.92 bits per heavy atom. The Bertz CT molecular complexity index is 1260. The molecular weight excluding hydrogens is 489 g/mol. The van der Waals surface area contributed by atoms with E-state index in [2.05, 4.69) is 36.8 Å². The van der Waals surface area contributed by atoms with Gasteiger partial charge in [0, 0.05) is 19.3 Å². The predicted molar refractivity (Wildman–Crippen MR) is 154 cm³/mol. The van der Waals surface area contributed by atoms with Crippen LogP contribution in [-0.2, 0) is 22.4 Å². The molecule has 0 amide bonds. The van der Waals surface area contributed by atoms with Crippen molar-refractivity contribution >= 4 is 17.0 Å². The smallest absolute Gasteiger partial charge is 0.303 e. The molecule has 210 valence electrons.